The Morgan fingerprint density at radius 2 is 2.20 bits per heavy atom. The molecule has 0 spiro atoms. The van der Waals surface area contributed by atoms with Gasteiger partial charge in [-0.3, -0.25) is 0 Å². The Morgan fingerprint density at radius 3 is 2.67 bits per heavy atom. The topological polar surface area (TPSA) is 34.2 Å². The van der Waals surface area contributed by atoms with Gasteiger partial charge in [0.05, 0.1) is 17.2 Å². The Hall–Kier alpha value is -0.610. The number of hydrogen-bond acceptors (Lipinski definition) is 4. The first-order valence-corrected chi connectivity index (χ1v) is 6.13. The molecule has 1 aliphatic rings. The molecule has 3 nitrogen and oxygen atoms in total. The van der Waals surface area contributed by atoms with Crippen LogP contribution in [0.2, 0.25) is 0 Å². The summed E-state index contributed by atoms with van der Waals surface area (Å²) >= 11 is 1.63. The van der Waals surface area contributed by atoms with Crippen molar-refractivity contribution < 1.29 is 4.74 Å². The molecule has 0 bridgehead atoms. The Labute approximate surface area is 94.9 Å². The molecule has 1 fully saturated rings. The molecule has 1 aliphatic heterocycles. The van der Waals surface area contributed by atoms with Crippen LogP contribution in [0.5, 0.6) is 0 Å². The van der Waals surface area contributed by atoms with Crippen LogP contribution in [0.1, 0.15) is 34.1 Å². The van der Waals surface area contributed by atoms with Gasteiger partial charge in [-0.05, 0) is 34.1 Å². The molecule has 1 unspecified atom stereocenters. The number of hydrogen-bond donors (Lipinski definition) is 1. The van der Waals surface area contributed by atoms with Gasteiger partial charge in [0, 0.05) is 11.6 Å². The zero-order chi connectivity index (χ0) is 11.1. The van der Waals surface area contributed by atoms with Crippen LogP contribution in [0.4, 0.5) is 5.13 Å². The molecule has 1 saturated heterocycles. The number of ether oxygens (including phenoxy) is 1. The second kappa shape index (κ2) is 3.46. The predicted octanol–water partition coefficient (Wildman–Crippen LogP) is 2.90. The Kier molecular flexibility index (Phi) is 2.51. The number of rotatable bonds is 2. The third-order valence-corrected chi connectivity index (χ3v) is 3.51. The van der Waals surface area contributed by atoms with Crippen LogP contribution in [0.15, 0.2) is 11.6 Å². The molecule has 84 valence electrons. The Balaban J connectivity index is 2.10. The van der Waals surface area contributed by atoms with Gasteiger partial charge >= 0.3 is 0 Å². The van der Waals surface area contributed by atoms with E-state index < -0.39 is 0 Å². The number of nitrogens with one attached hydrogen (secondary N) is 1. The SMILES string of the molecule is CC1(C)CC(Nc2nccs2)C(C)(C)O1. The Morgan fingerprint density at radius 1 is 1.47 bits per heavy atom. The minimum atomic E-state index is -0.130. The third kappa shape index (κ3) is 2.32. The molecule has 2 rings (SSSR count). The van der Waals surface area contributed by atoms with Crippen LogP contribution in [0, 0.1) is 0 Å². The van der Waals surface area contributed by atoms with Crippen molar-refractivity contribution in [2.24, 2.45) is 0 Å². The van der Waals surface area contributed by atoms with Crippen molar-refractivity contribution in [2.45, 2.75) is 51.4 Å². The van der Waals surface area contributed by atoms with Crippen LogP contribution < -0.4 is 5.32 Å². The molecule has 0 saturated carbocycles. The minimum absolute atomic E-state index is 0.0432. The summed E-state index contributed by atoms with van der Waals surface area (Å²) in [7, 11) is 0. The molecule has 2 heterocycles. The second-order valence-corrected chi connectivity index (χ2v) is 6.10. The highest BCUT2D eigenvalue weighted by Gasteiger charge is 2.46. The van der Waals surface area contributed by atoms with Gasteiger partial charge < -0.3 is 10.1 Å². The van der Waals surface area contributed by atoms with Gasteiger partial charge in [0.1, 0.15) is 0 Å². The maximum absolute atomic E-state index is 6.01. The van der Waals surface area contributed by atoms with E-state index in [9.17, 15) is 0 Å². The molecular weight excluding hydrogens is 208 g/mol. The van der Waals surface area contributed by atoms with Crippen LogP contribution in [0.25, 0.3) is 0 Å². The summed E-state index contributed by atoms with van der Waals surface area (Å²) in [6.07, 6.45) is 2.83. The zero-order valence-electron chi connectivity index (χ0n) is 9.70. The summed E-state index contributed by atoms with van der Waals surface area (Å²) in [4.78, 5) is 4.24. The summed E-state index contributed by atoms with van der Waals surface area (Å²) < 4.78 is 6.01. The van der Waals surface area contributed by atoms with E-state index in [0.29, 0.717) is 6.04 Å². The average molecular weight is 226 g/mol. The van der Waals surface area contributed by atoms with Gasteiger partial charge in [-0.1, -0.05) is 0 Å². The van der Waals surface area contributed by atoms with Crippen LogP contribution >= 0.6 is 11.3 Å². The lowest BCUT2D eigenvalue weighted by Crippen LogP contribution is -2.38. The molecule has 0 aromatic carbocycles. The lowest BCUT2D eigenvalue weighted by atomic mass is 9.95. The first-order chi connectivity index (χ1) is 6.89. The van der Waals surface area contributed by atoms with Gasteiger partial charge in [0.2, 0.25) is 0 Å². The summed E-state index contributed by atoms with van der Waals surface area (Å²) in [5.41, 5.74) is -0.173. The molecule has 1 aromatic rings. The van der Waals surface area contributed by atoms with E-state index in [4.69, 9.17) is 4.74 Å². The van der Waals surface area contributed by atoms with Gasteiger partial charge in [0.25, 0.3) is 0 Å². The van der Waals surface area contributed by atoms with Crippen molar-refractivity contribution in [2.75, 3.05) is 5.32 Å². The highest BCUT2D eigenvalue weighted by Crippen LogP contribution is 2.38. The first-order valence-electron chi connectivity index (χ1n) is 5.25. The normalized spacial score (nSPS) is 27.9. The molecule has 4 heteroatoms. The first kappa shape index (κ1) is 10.9. The smallest absolute Gasteiger partial charge is 0.182 e. The highest BCUT2D eigenvalue weighted by atomic mass is 32.1. The summed E-state index contributed by atoms with van der Waals surface area (Å²) in [5.74, 6) is 0. The monoisotopic (exact) mass is 226 g/mol. The van der Waals surface area contributed by atoms with E-state index in [-0.39, 0.29) is 11.2 Å². The van der Waals surface area contributed by atoms with Gasteiger partial charge in [-0.2, -0.15) is 0 Å². The lowest BCUT2D eigenvalue weighted by Gasteiger charge is -2.27. The van der Waals surface area contributed by atoms with E-state index in [0.717, 1.165) is 11.6 Å². The minimum Gasteiger partial charge on any atom is -0.367 e. The third-order valence-electron chi connectivity index (χ3n) is 2.80. The predicted molar refractivity (Wildman–Crippen MR) is 63.4 cm³/mol. The van der Waals surface area contributed by atoms with E-state index in [1.165, 1.54) is 0 Å². The van der Waals surface area contributed by atoms with Crippen molar-refractivity contribution >= 4 is 16.5 Å². The molecule has 0 radical (unpaired) electrons. The van der Waals surface area contributed by atoms with Gasteiger partial charge in [-0.25, -0.2) is 4.98 Å². The van der Waals surface area contributed by atoms with Crippen molar-refractivity contribution in [3.05, 3.63) is 11.6 Å². The summed E-state index contributed by atoms with van der Waals surface area (Å²) in [6, 6.07) is 0.332. The molecule has 1 atom stereocenters. The van der Waals surface area contributed by atoms with Crippen molar-refractivity contribution in [3.63, 3.8) is 0 Å². The van der Waals surface area contributed by atoms with E-state index in [1.54, 1.807) is 11.3 Å². The van der Waals surface area contributed by atoms with Crippen LogP contribution in [-0.4, -0.2) is 22.2 Å². The lowest BCUT2D eigenvalue weighted by molar-refractivity contribution is -0.0662. The maximum atomic E-state index is 6.01. The molecule has 0 amide bonds. The molecular formula is C11H18N2OS. The molecule has 1 N–H and O–H groups in total. The number of aromatic nitrogens is 1. The van der Waals surface area contributed by atoms with Gasteiger partial charge in [-0.15, -0.1) is 11.3 Å². The fourth-order valence-electron chi connectivity index (χ4n) is 2.23. The van der Waals surface area contributed by atoms with E-state index >= 15 is 0 Å². The zero-order valence-corrected chi connectivity index (χ0v) is 10.5. The standard InChI is InChI=1S/C11H18N2OS/c1-10(2)7-8(11(3,4)14-10)13-9-12-5-6-15-9/h5-6,8H,7H2,1-4H3,(H,12,13). The van der Waals surface area contributed by atoms with Gasteiger partial charge in [0.15, 0.2) is 5.13 Å². The highest BCUT2D eigenvalue weighted by molar-refractivity contribution is 7.13. The molecule has 1 aromatic heterocycles. The van der Waals surface area contributed by atoms with E-state index in [2.05, 4.69) is 38.0 Å². The van der Waals surface area contributed by atoms with Crippen LogP contribution in [0.3, 0.4) is 0 Å². The average Bonchev–Trinajstić information content (AvgIpc) is 2.58. The van der Waals surface area contributed by atoms with E-state index in [1.807, 2.05) is 11.6 Å². The fraction of sp³-hybridized carbons (Fsp3) is 0.727. The fourth-order valence-corrected chi connectivity index (χ4v) is 2.81. The summed E-state index contributed by atoms with van der Waals surface area (Å²) in [6.45, 7) is 8.54. The van der Waals surface area contributed by atoms with Crippen molar-refractivity contribution in [1.82, 2.24) is 4.98 Å². The number of thiazole rings is 1. The summed E-state index contributed by atoms with van der Waals surface area (Å²) in [5, 5.41) is 6.41. The van der Waals surface area contributed by atoms with Crippen molar-refractivity contribution in [3.8, 4) is 0 Å². The van der Waals surface area contributed by atoms with Crippen molar-refractivity contribution in [1.29, 1.82) is 0 Å². The van der Waals surface area contributed by atoms with Crippen LogP contribution in [-0.2, 0) is 4.74 Å². The Bertz CT molecular complexity index is 332. The number of anilines is 1. The maximum Gasteiger partial charge on any atom is 0.182 e. The molecule has 15 heavy (non-hydrogen) atoms. The quantitative estimate of drug-likeness (QED) is 0.842. The number of nitrogens with zero attached hydrogens (tertiary/aromatic N) is 1. The largest absolute Gasteiger partial charge is 0.367 e. The molecule has 0 aliphatic carbocycles. The second-order valence-electron chi connectivity index (χ2n) is 5.20.